The third-order valence-electron chi connectivity index (χ3n) is 5.89. The van der Waals surface area contributed by atoms with Crippen molar-refractivity contribution in [2.75, 3.05) is 13.1 Å². The molecule has 1 rings (SSSR count). The first-order valence-corrected chi connectivity index (χ1v) is 8.38. The Morgan fingerprint density at radius 2 is 1.52 bits per heavy atom. The van der Waals surface area contributed by atoms with Crippen LogP contribution in [0.4, 0.5) is 0 Å². The van der Waals surface area contributed by atoms with Crippen molar-refractivity contribution >= 4 is 11.7 Å². The number of hydrogen-bond acceptors (Lipinski definition) is 2. The minimum Gasteiger partial charge on any atom is -0.342 e. The summed E-state index contributed by atoms with van der Waals surface area (Å²) in [5.41, 5.74) is -1.27. The summed E-state index contributed by atoms with van der Waals surface area (Å²) in [6, 6.07) is 0. The van der Waals surface area contributed by atoms with Gasteiger partial charge in [-0.3, -0.25) is 9.59 Å². The van der Waals surface area contributed by atoms with Crippen LogP contribution in [0.1, 0.15) is 67.7 Å². The van der Waals surface area contributed by atoms with Gasteiger partial charge in [-0.2, -0.15) is 0 Å². The normalized spacial score (nSPS) is 18.2. The minimum atomic E-state index is -0.648. The highest BCUT2D eigenvalue weighted by Crippen LogP contribution is 2.42. The largest absolute Gasteiger partial charge is 0.342 e. The fourth-order valence-corrected chi connectivity index (χ4v) is 3.22. The summed E-state index contributed by atoms with van der Waals surface area (Å²) in [5.74, 6) is 1.71. The molecule has 1 saturated heterocycles. The Balaban J connectivity index is 2.81. The predicted octanol–water partition coefficient (Wildman–Crippen LogP) is 3.91. The van der Waals surface area contributed by atoms with Crippen LogP contribution < -0.4 is 0 Å². The number of amides is 1. The molecule has 0 aliphatic carbocycles. The third-order valence-corrected chi connectivity index (χ3v) is 5.89. The van der Waals surface area contributed by atoms with Crippen LogP contribution in [0.15, 0.2) is 0 Å². The Kier molecular flexibility index (Phi) is 5.63. The number of Topliss-reactive ketones (excluding diaryl/α,β-unsaturated/α-hetero) is 1. The quantitative estimate of drug-likeness (QED) is 0.771. The maximum atomic E-state index is 12.9. The number of likely N-dealkylation sites (tertiary alicyclic amines) is 1. The lowest BCUT2D eigenvalue weighted by Crippen LogP contribution is -2.53. The van der Waals surface area contributed by atoms with Gasteiger partial charge < -0.3 is 4.90 Å². The van der Waals surface area contributed by atoms with E-state index in [0.29, 0.717) is 12.3 Å². The second kappa shape index (κ2) is 6.50. The molecule has 1 amide bonds. The van der Waals surface area contributed by atoms with E-state index in [0.717, 1.165) is 31.8 Å². The number of piperidine rings is 1. The van der Waals surface area contributed by atoms with Crippen molar-refractivity contribution in [2.45, 2.75) is 67.7 Å². The SMILES string of the molecule is CCC(=O)C(C)(C)C(C)(C)C(=O)N1CCC(C(C)C)CC1. The van der Waals surface area contributed by atoms with E-state index in [-0.39, 0.29) is 11.7 Å². The van der Waals surface area contributed by atoms with Gasteiger partial charge in [0.1, 0.15) is 5.78 Å². The number of rotatable bonds is 5. The van der Waals surface area contributed by atoms with Crippen molar-refractivity contribution in [1.82, 2.24) is 4.90 Å². The summed E-state index contributed by atoms with van der Waals surface area (Å²) in [7, 11) is 0. The smallest absolute Gasteiger partial charge is 0.229 e. The van der Waals surface area contributed by atoms with Gasteiger partial charge in [0.05, 0.1) is 5.41 Å². The molecule has 21 heavy (non-hydrogen) atoms. The molecular formula is C18H33NO2. The van der Waals surface area contributed by atoms with Crippen molar-refractivity contribution in [3.63, 3.8) is 0 Å². The molecule has 3 heteroatoms. The highest BCUT2D eigenvalue weighted by Gasteiger charge is 2.49. The molecule has 0 bridgehead atoms. The van der Waals surface area contributed by atoms with E-state index in [4.69, 9.17) is 0 Å². The van der Waals surface area contributed by atoms with Gasteiger partial charge >= 0.3 is 0 Å². The predicted molar refractivity (Wildman–Crippen MR) is 87.0 cm³/mol. The molecule has 0 aromatic carbocycles. The fourth-order valence-electron chi connectivity index (χ4n) is 3.22. The number of carbonyl (C=O) groups is 2. The van der Waals surface area contributed by atoms with E-state index in [2.05, 4.69) is 13.8 Å². The molecule has 0 N–H and O–H groups in total. The Labute approximate surface area is 130 Å². The molecule has 0 unspecified atom stereocenters. The molecule has 1 aliphatic heterocycles. The fraction of sp³-hybridized carbons (Fsp3) is 0.889. The standard InChI is InChI=1S/C18H33NO2/c1-8-15(20)17(4,5)18(6,7)16(21)19-11-9-14(10-12-19)13(2)3/h13-14H,8-12H2,1-7H3. The Morgan fingerprint density at radius 3 is 1.90 bits per heavy atom. The number of hydrogen-bond donors (Lipinski definition) is 0. The highest BCUT2D eigenvalue weighted by molar-refractivity contribution is 5.93. The van der Waals surface area contributed by atoms with Gasteiger partial charge in [0.25, 0.3) is 0 Å². The maximum absolute atomic E-state index is 12.9. The first-order valence-electron chi connectivity index (χ1n) is 8.38. The number of carbonyl (C=O) groups excluding carboxylic acids is 2. The first-order chi connectivity index (χ1) is 9.55. The molecule has 0 radical (unpaired) electrons. The number of ketones is 1. The van der Waals surface area contributed by atoms with Gasteiger partial charge in [0.15, 0.2) is 0 Å². The summed E-state index contributed by atoms with van der Waals surface area (Å²) in [4.78, 5) is 27.2. The molecule has 0 aromatic rings. The van der Waals surface area contributed by atoms with Crippen molar-refractivity contribution < 1.29 is 9.59 Å². The molecule has 3 nitrogen and oxygen atoms in total. The van der Waals surface area contributed by atoms with Crippen LogP contribution in [-0.2, 0) is 9.59 Å². The molecule has 122 valence electrons. The molecule has 0 spiro atoms. The molecule has 0 saturated carbocycles. The Bertz CT molecular complexity index is 388. The van der Waals surface area contributed by atoms with Gasteiger partial charge in [0, 0.05) is 24.9 Å². The van der Waals surface area contributed by atoms with Crippen molar-refractivity contribution in [3.8, 4) is 0 Å². The van der Waals surface area contributed by atoms with E-state index in [1.54, 1.807) is 0 Å². The highest BCUT2D eigenvalue weighted by atomic mass is 16.2. The van der Waals surface area contributed by atoms with Crippen LogP contribution in [0.3, 0.4) is 0 Å². The molecule has 0 aromatic heterocycles. The van der Waals surface area contributed by atoms with Gasteiger partial charge in [0.2, 0.25) is 5.91 Å². The minimum absolute atomic E-state index is 0.136. The summed E-state index contributed by atoms with van der Waals surface area (Å²) < 4.78 is 0. The third kappa shape index (κ3) is 3.49. The Morgan fingerprint density at radius 1 is 1.05 bits per heavy atom. The molecular weight excluding hydrogens is 262 g/mol. The Hall–Kier alpha value is -0.860. The van der Waals surface area contributed by atoms with Crippen LogP contribution in [0, 0.1) is 22.7 Å². The lowest BCUT2D eigenvalue weighted by atomic mass is 9.64. The van der Waals surface area contributed by atoms with Gasteiger partial charge in [-0.05, 0) is 24.7 Å². The summed E-state index contributed by atoms with van der Waals surface area (Å²) in [6.45, 7) is 15.7. The average Bonchev–Trinajstić information content (AvgIpc) is 2.45. The second-order valence-corrected chi connectivity index (χ2v) is 7.90. The van der Waals surface area contributed by atoms with E-state index in [1.165, 1.54) is 0 Å². The zero-order chi connectivity index (χ0) is 16.4. The van der Waals surface area contributed by atoms with Crippen LogP contribution >= 0.6 is 0 Å². The van der Waals surface area contributed by atoms with Gasteiger partial charge in [-0.1, -0.05) is 48.5 Å². The maximum Gasteiger partial charge on any atom is 0.229 e. The first kappa shape index (κ1) is 18.2. The van der Waals surface area contributed by atoms with E-state index >= 15 is 0 Å². The van der Waals surface area contributed by atoms with Crippen molar-refractivity contribution in [1.29, 1.82) is 0 Å². The zero-order valence-electron chi connectivity index (χ0n) is 15.0. The zero-order valence-corrected chi connectivity index (χ0v) is 15.0. The monoisotopic (exact) mass is 295 g/mol. The average molecular weight is 295 g/mol. The summed E-state index contributed by atoms with van der Waals surface area (Å²) in [5, 5.41) is 0. The van der Waals surface area contributed by atoms with Crippen molar-refractivity contribution in [3.05, 3.63) is 0 Å². The van der Waals surface area contributed by atoms with Crippen molar-refractivity contribution in [2.24, 2.45) is 22.7 Å². The summed E-state index contributed by atoms with van der Waals surface area (Å²) in [6.07, 6.45) is 2.66. The van der Waals surface area contributed by atoms with Gasteiger partial charge in [-0.25, -0.2) is 0 Å². The lowest BCUT2D eigenvalue weighted by molar-refractivity contribution is -0.154. The van der Waals surface area contributed by atoms with E-state index < -0.39 is 10.8 Å². The van der Waals surface area contributed by atoms with Gasteiger partial charge in [-0.15, -0.1) is 0 Å². The molecule has 1 aliphatic rings. The lowest BCUT2D eigenvalue weighted by Gasteiger charge is -2.44. The molecule has 0 atom stereocenters. The van der Waals surface area contributed by atoms with E-state index in [1.807, 2.05) is 39.5 Å². The molecule has 1 fully saturated rings. The van der Waals surface area contributed by atoms with Crippen LogP contribution in [0.5, 0.6) is 0 Å². The van der Waals surface area contributed by atoms with Crippen LogP contribution in [-0.4, -0.2) is 29.7 Å². The van der Waals surface area contributed by atoms with E-state index in [9.17, 15) is 9.59 Å². The second-order valence-electron chi connectivity index (χ2n) is 7.90. The van der Waals surface area contributed by atoms with Crippen LogP contribution in [0.25, 0.3) is 0 Å². The topological polar surface area (TPSA) is 37.4 Å². The van der Waals surface area contributed by atoms with Crippen LogP contribution in [0.2, 0.25) is 0 Å². The summed E-state index contributed by atoms with van der Waals surface area (Å²) >= 11 is 0. The molecule has 1 heterocycles. The number of nitrogens with zero attached hydrogens (tertiary/aromatic N) is 1.